The number of fused-ring (bicyclic) bond motifs is 1. The molecular formula is C12H14N4O7. The fraction of sp³-hybridized carbons (Fsp3) is 0.500. The van der Waals surface area contributed by atoms with Crippen LogP contribution in [0.3, 0.4) is 0 Å². The number of aliphatic hydroxyl groups excluding tert-OH is 4. The van der Waals surface area contributed by atoms with E-state index in [-0.39, 0.29) is 23.3 Å². The van der Waals surface area contributed by atoms with E-state index in [1.807, 2.05) is 0 Å². The molecule has 0 spiro atoms. The number of aromatic nitrogens is 4. The van der Waals surface area contributed by atoms with Gasteiger partial charge in [0, 0.05) is 0 Å². The lowest BCUT2D eigenvalue weighted by molar-refractivity contribution is -0.138. The zero-order valence-corrected chi connectivity index (χ0v) is 11.5. The topological polar surface area (TPSA) is 171 Å². The number of imidazole rings is 1. The molecule has 6 atom stereocenters. The first-order valence-electron chi connectivity index (χ1n) is 6.65. The molecule has 1 aliphatic rings. The summed E-state index contributed by atoms with van der Waals surface area (Å²) in [4.78, 5) is 21.9. The van der Waals surface area contributed by atoms with Crippen molar-refractivity contribution in [2.75, 3.05) is 0 Å². The number of hydrogen-bond acceptors (Lipinski definition) is 10. The van der Waals surface area contributed by atoms with Gasteiger partial charge in [-0.1, -0.05) is 0 Å². The van der Waals surface area contributed by atoms with E-state index in [1.165, 1.54) is 10.9 Å². The summed E-state index contributed by atoms with van der Waals surface area (Å²) in [5.41, 5.74) is 0.203. The second kappa shape index (κ2) is 5.79. The molecule has 3 rings (SSSR count). The van der Waals surface area contributed by atoms with Crippen molar-refractivity contribution >= 4 is 17.5 Å². The van der Waals surface area contributed by atoms with Gasteiger partial charge in [0.15, 0.2) is 23.7 Å². The van der Waals surface area contributed by atoms with E-state index >= 15 is 0 Å². The van der Waals surface area contributed by atoms with Gasteiger partial charge in [-0.15, -0.1) is 0 Å². The molecule has 23 heavy (non-hydrogen) atoms. The van der Waals surface area contributed by atoms with E-state index < -0.39 is 36.7 Å². The molecule has 0 aromatic carbocycles. The summed E-state index contributed by atoms with van der Waals surface area (Å²) in [5, 5.41) is 48.9. The van der Waals surface area contributed by atoms with Crippen LogP contribution in [0.2, 0.25) is 0 Å². The highest BCUT2D eigenvalue weighted by Crippen LogP contribution is 2.34. The van der Waals surface area contributed by atoms with E-state index in [2.05, 4.69) is 15.0 Å². The zero-order valence-electron chi connectivity index (χ0n) is 11.5. The van der Waals surface area contributed by atoms with Gasteiger partial charge in [0.1, 0.15) is 36.8 Å². The van der Waals surface area contributed by atoms with Gasteiger partial charge in [0.2, 0.25) is 5.88 Å². The number of ether oxygens (including phenoxy) is 1. The normalized spacial score (nSPS) is 30.4. The lowest BCUT2D eigenvalue weighted by Gasteiger charge is -2.22. The lowest BCUT2D eigenvalue weighted by Crippen LogP contribution is -2.45. The molecule has 1 fully saturated rings. The first-order valence-corrected chi connectivity index (χ1v) is 6.65. The van der Waals surface area contributed by atoms with Crippen LogP contribution < -0.4 is 0 Å². The van der Waals surface area contributed by atoms with Gasteiger partial charge in [-0.3, -0.25) is 4.57 Å². The van der Waals surface area contributed by atoms with E-state index in [1.54, 1.807) is 0 Å². The third kappa shape index (κ3) is 2.44. The number of nitrogens with zero attached hydrogens (tertiary/aromatic N) is 4. The Morgan fingerprint density at radius 2 is 1.96 bits per heavy atom. The molecule has 0 amide bonds. The number of carbonyl (C=O) groups excluding carboxylic acids is 1. The Hall–Kier alpha value is -2.18. The molecule has 0 aliphatic carbocycles. The standard InChI is InChI=1S/C12H14N4O7/c17-1-4(18)6(19)9-7(20)8(21)12(23-9)16-3-15-5-10(16)13-2-14-11(5)22/h1-4,6-9,12,18-21H,(H,13,14,22)/t4?,6-,7+,8-,9-,12-/m1/s1. The quantitative estimate of drug-likeness (QED) is 0.366. The maximum Gasteiger partial charge on any atom is 0.242 e. The van der Waals surface area contributed by atoms with Gasteiger partial charge in [0.25, 0.3) is 0 Å². The first kappa shape index (κ1) is 15.7. The molecule has 2 aromatic heterocycles. The smallest absolute Gasteiger partial charge is 0.242 e. The minimum atomic E-state index is -1.77. The summed E-state index contributed by atoms with van der Waals surface area (Å²) in [5.74, 6) is -0.366. The fourth-order valence-electron chi connectivity index (χ4n) is 2.50. The van der Waals surface area contributed by atoms with Crippen molar-refractivity contribution in [3.8, 4) is 5.88 Å². The van der Waals surface area contributed by atoms with Crippen molar-refractivity contribution < 1.29 is 35.1 Å². The highest BCUT2D eigenvalue weighted by Gasteiger charge is 2.48. The molecule has 3 heterocycles. The van der Waals surface area contributed by atoms with Crippen LogP contribution >= 0.6 is 0 Å². The summed E-state index contributed by atoms with van der Waals surface area (Å²) >= 11 is 0. The van der Waals surface area contributed by atoms with Crippen molar-refractivity contribution in [2.45, 2.75) is 36.7 Å². The first-order chi connectivity index (χ1) is 11.0. The molecule has 0 radical (unpaired) electrons. The van der Waals surface area contributed by atoms with Crippen molar-refractivity contribution in [3.63, 3.8) is 0 Å². The molecule has 11 nitrogen and oxygen atoms in total. The largest absolute Gasteiger partial charge is 0.492 e. The van der Waals surface area contributed by atoms with Gasteiger partial charge >= 0.3 is 0 Å². The monoisotopic (exact) mass is 326 g/mol. The van der Waals surface area contributed by atoms with Crippen molar-refractivity contribution in [1.82, 2.24) is 19.5 Å². The molecule has 1 aliphatic heterocycles. The molecule has 1 unspecified atom stereocenters. The number of rotatable bonds is 4. The Labute approximate surface area is 128 Å². The number of aromatic hydroxyl groups is 1. The number of aliphatic hydroxyl groups is 4. The van der Waals surface area contributed by atoms with Crippen LogP contribution in [-0.2, 0) is 9.53 Å². The maximum absolute atomic E-state index is 10.5. The molecule has 0 saturated carbocycles. The minimum Gasteiger partial charge on any atom is -0.492 e. The SMILES string of the molecule is O=CC(O)[C@@H](O)[C@H]1O[C@@H](n2cnc3c(O)ncnc32)[C@H](O)[C@@H]1O. The second-order valence-electron chi connectivity index (χ2n) is 5.11. The van der Waals surface area contributed by atoms with Crippen LogP contribution in [0, 0.1) is 0 Å². The van der Waals surface area contributed by atoms with Crippen molar-refractivity contribution in [2.24, 2.45) is 0 Å². The number of carbonyl (C=O) groups is 1. The Morgan fingerprint density at radius 1 is 1.22 bits per heavy atom. The van der Waals surface area contributed by atoms with Gasteiger partial charge in [0.05, 0.1) is 6.33 Å². The molecule has 124 valence electrons. The van der Waals surface area contributed by atoms with Crippen LogP contribution in [0.15, 0.2) is 12.7 Å². The summed E-state index contributed by atoms with van der Waals surface area (Å²) < 4.78 is 6.62. The van der Waals surface area contributed by atoms with Gasteiger partial charge in [-0.25, -0.2) is 9.97 Å². The molecule has 2 aromatic rings. The Bertz CT molecular complexity index is 722. The van der Waals surface area contributed by atoms with Gasteiger partial charge in [-0.2, -0.15) is 4.98 Å². The fourth-order valence-corrected chi connectivity index (χ4v) is 2.50. The van der Waals surface area contributed by atoms with E-state index in [4.69, 9.17) is 4.74 Å². The van der Waals surface area contributed by atoms with Crippen LogP contribution in [0.1, 0.15) is 6.23 Å². The summed E-state index contributed by atoms with van der Waals surface area (Å²) in [6.07, 6.45) is -6.74. The third-order valence-electron chi connectivity index (χ3n) is 3.71. The maximum atomic E-state index is 10.5. The van der Waals surface area contributed by atoms with Crippen LogP contribution in [0.4, 0.5) is 0 Å². The molecule has 11 heteroatoms. The van der Waals surface area contributed by atoms with Crippen LogP contribution in [0.25, 0.3) is 11.2 Å². The third-order valence-corrected chi connectivity index (χ3v) is 3.71. The molecule has 5 N–H and O–H groups in total. The summed E-state index contributed by atoms with van der Waals surface area (Å²) in [7, 11) is 0. The van der Waals surface area contributed by atoms with Gasteiger partial charge < -0.3 is 35.1 Å². The molecule has 1 saturated heterocycles. The Balaban J connectivity index is 1.94. The predicted octanol–water partition coefficient (Wildman–Crippen LogP) is -2.93. The molecule has 0 bridgehead atoms. The average molecular weight is 326 g/mol. The van der Waals surface area contributed by atoms with E-state index in [0.717, 1.165) is 6.33 Å². The Kier molecular flexibility index (Phi) is 3.95. The number of aldehydes is 1. The lowest BCUT2D eigenvalue weighted by atomic mass is 10.0. The van der Waals surface area contributed by atoms with Gasteiger partial charge in [-0.05, 0) is 0 Å². The van der Waals surface area contributed by atoms with Crippen LogP contribution in [0.5, 0.6) is 5.88 Å². The highest BCUT2D eigenvalue weighted by atomic mass is 16.6. The van der Waals surface area contributed by atoms with Crippen molar-refractivity contribution in [3.05, 3.63) is 12.7 Å². The van der Waals surface area contributed by atoms with Crippen LogP contribution in [-0.4, -0.2) is 81.9 Å². The zero-order chi connectivity index (χ0) is 16.7. The van der Waals surface area contributed by atoms with E-state index in [0.29, 0.717) is 0 Å². The molecular weight excluding hydrogens is 312 g/mol. The van der Waals surface area contributed by atoms with Crippen molar-refractivity contribution in [1.29, 1.82) is 0 Å². The summed E-state index contributed by atoms with van der Waals surface area (Å²) in [6.45, 7) is 0. The Morgan fingerprint density at radius 3 is 2.65 bits per heavy atom. The van der Waals surface area contributed by atoms with E-state index in [9.17, 15) is 30.3 Å². The minimum absolute atomic E-state index is 0.0646. The number of hydrogen-bond donors (Lipinski definition) is 5. The second-order valence-corrected chi connectivity index (χ2v) is 5.11. The average Bonchev–Trinajstić information content (AvgIpc) is 3.09. The predicted molar refractivity (Wildman–Crippen MR) is 71.0 cm³/mol. The highest BCUT2D eigenvalue weighted by molar-refractivity contribution is 5.75. The summed E-state index contributed by atoms with van der Waals surface area (Å²) in [6, 6.07) is 0.